The van der Waals surface area contributed by atoms with E-state index in [1.54, 1.807) is 6.21 Å². The monoisotopic (exact) mass is 329 g/mol. The zero-order valence-corrected chi connectivity index (χ0v) is 15.1. The van der Waals surface area contributed by atoms with Crippen LogP contribution in [0.4, 0.5) is 0 Å². The molecule has 3 saturated carbocycles. The summed E-state index contributed by atoms with van der Waals surface area (Å²) in [5, 5.41) is 12.1. The minimum Gasteiger partial charge on any atom is -0.411 e. The molecular formula is C21H31NO2. The summed E-state index contributed by atoms with van der Waals surface area (Å²) in [6, 6.07) is 0. The van der Waals surface area contributed by atoms with E-state index in [9.17, 15) is 4.79 Å². The van der Waals surface area contributed by atoms with E-state index in [-0.39, 0.29) is 5.41 Å². The van der Waals surface area contributed by atoms with Gasteiger partial charge in [-0.15, -0.1) is 5.16 Å². The summed E-state index contributed by atoms with van der Waals surface area (Å²) in [5.41, 5.74) is 2.17. The molecule has 0 aromatic rings. The van der Waals surface area contributed by atoms with Crippen LogP contribution >= 0.6 is 0 Å². The Morgan fingerprint density at radius 2 is 2.00 bits per heavy atom. The Bertz CT molecular complexity index is 595. The lowest BCUT2D eigenvalue weighted by Gasteiger charge is -2.58. The second-order valence-corrected chi connectivity index (χ2v) is 9.32. The van der Waals surface area contributed by atoms with Crippen molar-refractivity contribution in [2.75, 3.05) is 0 Å². The zero-order chi connectivity index (χ0) is 16.9. The van der Waals surface area contributed by atoms with Crippen LogP contribution in [-0.2, 0) is 4.79 Å². The van der Waals surface area contributed by atoms with E-state index >= 15 is 0 Å². The average Bonchev–Trinajstić information content (AvgIpc) is 2.90. The maximum absolute atomic E-state index is 11.9. The first-order valence-corrected chi connectivity index (χ1v) is 9.89. The van der Waals surface area contributed by atoms with E-state index in [0.717, 1.165) is 43.4 Å². The van der Waals surface area contributed by atoms with Gasteiger partial charge in [0.1, 0.15) is 0 Å². The van der Waals surface area contributed by atoms with Crippen LogP contribution in [0.3, 0.4) is 0 Å². The molecule has 0 saturated heterocycles. The molecule has 4 aliphatic rings. The van der Waals surface area contributed by atoms with Gasteiger partial charge >= 0.3 is 0 Å². The quantitative estimate of drug-likeness (QED) is 0.441. The minimum absolute atomic E-state index is 0.281. The number of carbonyl (C=O) groups excluding carboxylic acids is 1. The molecule has 1 N–H and O–H groups in total. The predicted octanol–water partition coefficient (Wildman–Crippen LogP) is 4.98. The first-order chi connectivity index (χ1) is 11.5. The molecule has 0 heterocycles. The van der Waals surface area contributed by atoms with Gasteiger partial charge in [-0.05, 0) is 91.9 Å². The molecule has 0 radical (unpaired) electrons. The number of carbonyl (C=O) groups is 1. The Hall–Kier alpha value is -1.12. The van der Waals surface area contributed by atoms with Gasteiger partial charge in [-0.3, -0.25) is 4.79 Å². The minimum atomic E-state index is 0.281. The van der Waals surface area contributed by atoms with E-state index in [1.807, 2.05) is 6.08 Å². The molecule has 0 unspecified atom stereocenters. The molecule has 0 aromatic heterocycles. The van der Waals surface area contributed by atoms with Crippen molar-refractivity contribution in [1.29, 1.82) is 0 Å². The summed E-state index contributed by atoms with van der Waals surface area (Å²) in [7, 11) is 0. The number of rotatable bonds is 2. The topological polar surface area (TPSA) is 49.7 Å². The van der Waals surface area contributed by atoms with Crippen molar-refractivity contribution in [2.24, 2.45) is 39.7 Å². The first kappa shape index (κ1) is 16.4. The fourth-order valence-electron chi connectivity index (χ4n) is 7.23. The Balaban J connectivity index is 1.61. The molecule has 3 heteroatoms. The molecule has 3 nitrogen and oxygen atoms in total. The van der Waals surface area contributed by atoms with Gasteiger partial charge in [0, 0.05) is 12.6 Å². The van der Waals surface area contributed by atoms with Crippen LogP contribution in [-0.4, -0.2) is 17.2 Å². The highest BCUT2D eigenvalue weighted by Gasteiger charge is 2.58. The first-order valence-electron chi connectivity index (χ1n) is 9.89. The maximum Gasteiger partial charge on any atom is 0.155 e. The lowest BCUT2D eigenvalue weighted by Crippen LogP contribution is -2.50. The van der Waals surface area contributed by atoms with E-state index in [4.69, 9.17) is 5.21 Å². The van der Waals surface area contributed by atoms with Crippen molar-refractivity contribution < 1.29 is 10.0 Å². The standard InChI is InChI=1S/C21H31NO2/c1-20-11-8-19-17(18(20)6-4-14(20)9-12-22-24)5-3-15-13-16(23)7-10-21(15,19)2/h12-14,17-19,24H,3-11H2,1-2H3/b22-12+/t14-,17+,18+,19+,20-,21+/m1/s1. The Morgan fingerprint density at radius 1 is 1.17 bits per heavy atom. The molecule has 24 heavy (non-hydrogen) atoms. The van der Waals surface area contributed by atoms with Gasteiger partial charge in [-0.2, -0.15) is 0 Å². The summed E-state index contributed by atoms with van der Waals surface area (Å²) in [4.78, 5) is 11.9. The molecule has 132 valence electrons. The largest absolute Gasteiger partial charge is 0.411 e. The van der Waals surface area contributed by atoms with Crippen LogP contribution in [0.5, 0.6) is 0 Å². The maximum atomic E-state index is 11.9. The highest BCUT2D eigenvalue weighted by molar-refractivity contribution is 5.91. The number of allylic oxidation sites excluding steroid dienone is 1. The molecule has 0 aromatic carbocycles. The third-order valence-electron chi connectivity index (χ3n) is 8.63. The Labute approximate surface area is 145 Å². The van der Waals surface area contributed by atoms with Crippen molar-refractivity contribution in [2.45, 2.75) is 71.6 Å². The lowest BCUT2D eigenvalue weighted by atomic mass is 9.47. The normalized spacial score (nSPS) is 47.9. The number of ketones is 1. The molecular weight excluding hydrogens is 298 g/mol. The van der Waals surface area contributed by atoms with Crippen LogP contribution in [0.25, 0.3) is 0 Å². The smallest absolute Gasteiger partial charge is 0.155 e. The second kappa shape index (κ2) is 5.71. The van der Waals surface area contributed by atoms with Gasteiger partial charge in [0.05, 0.1) is 0 Å². The molecule has 3 fully saturated rings. The Morgan fingerprint density at radius 3 is 2.79 bits per heavy atom. The van der Waals surface area contributed by atoms with Crippen molar-refractivity contribution in [1.82, 2.24) is 0 Å². The fraction of sp³-hybridized carbons (Fsp3) is 0.810. The molecule has 0 amide bonds. The number of oxime groups is 1. The summed E-state index contributed by atoms with van der Waals surface area (Å²) in [5.74, 6) is 3.45. The Kier molecular flexibility index (Phi) is 3.89. The third kappa shape index (κ3) is 2.23. The van der Waals surface area contributed by atoms with Crippen LogP contribution in [0.1, 0.15) is 71.6 Å². The van der Waals surface area contributed by atoms with E-state index in [2.05, 4.69) is 19.0 Å². The van der Waals surface area contributed by atoms with Gasteiger partial charge < -0.3 is 5.21 Å². The number of fused-ring (bicyclic) bond motifs is 5. The van der Waals surface area contributed by atoms with Gasteiger partial charge in [0.15, 0.2) is 5.78 Å². The van der Waals surface area contributed by atoms with Gasteiger partial charge in [-0.25, -0.2) is 0 Å². The average molecular weight is 329 g/mol. The zero-order valence-electron chi connectivity index (χ0n) is 15.1. The number of hydrogen-bond acceptors (Lipinski definition) is 3. The summed E-state index contributed by atoms with van der Waals surface area (Å²) >= 11 is 0. The van der Waals surface area contributed by atoms with E-state index in [0.29, 0.717) is 17.1 Å². The summed E-state index contributed by atoms with van der Waals surface area (Å²) < 4.78 is 0. The molecule has 4 aliphatic carbocycles. The summed E-state index contributed by atoms with van der Waals surface area (Å²) in [6.45, 7) is 4.96. The van der Waals surface area contributed by atoms with E-state index < -0.39 is 0 Å². The van der Waals surface area contributed by atoms with Crippen molar-refractivity contribution in [3.8, 4) is 0 Å². The third-order valence-corrected chi connectivity index (χ3v) is 8.63. The molecule has 0 bridgehead atoms. The lowest BCUT2D eigenvalue weighted by molar-refractivity contribution is -0.117. The molecule has 6 atom stereocenters. The van der Waals surface area contributed by atoms with Gasteiger partial charge in [0.25, 0.3) is 0 Å². The van der Waals surface area contributed by atoms with Crippen molar-refractivity contribution in [3.05, 3.63) is 11.6 Å². The van der Waals surface area contributed by atoms with E-state index in [1.165, 1.54) is 37.7 Å². The SMILES string of the molecule is C[C@]12CC[C@H]3[C@@H](CCC4=CC(=O)CC[C@@]43C)[C@@H]1CC[C@@H]2C/C=N/O. The van der Waals surface area contributed by atoms with Crippen LogP contribution < -0.4 is 0 Å². The summed E-state index contributed by atoms with van der Waals surface area (Å²) in [6.07, 6.45) is 14.1. The highest BCUT2D eigenvalue weighted by Crippen LogP contribution is 2.66. The number of nitrogens with zero attached hydrogens (tertiary/aromatic N) is 1. The highest BCUT2D eigenvalue weighted by atomic mass is 16.4. The molecule has 0 aliphatic heterocycles. The second-order valence-electron chi connectivity index (χ2n) is 9.32. The van der Waals surface area contributed by atoms with Crippen LogP contribution in [0.2, 0.25) is 0 Å². The van der Waals surface area contributed by atoms with Gasteiger partial charge in [-0.1, -0.05) is 19.4 Å². The fourth-order valence-corrected chi connectivity index (χ4v) is 7.23. The predicted molar refractivity (Wildman–Crippen MR) is 95.1 cm³/mol. The number of hydrogen-bond donors (Lipinski definition) is 1. The van der Waals surface area contributed by atoms with Crippen molar-refractivity contribution in [3.63, 3.8) is 0 Å². The molecule has 0 spiro atoms. The van der Waals surface area contributed by atoms with Crippen molar-refractivity contribution >= 4 is 12.0 Å². The molecule has 4 rings (SSSR count). The van der Waals surface area contributed by atoms with Crippen LogP contribution in [0, 0.1) is 34.5 Å². The van der Waals surface area contributed by atoms with Crippen LogP contribution in [0.15, 0.2) is 16.8 Å². The van der Waals surface area contributed by atoms with Gasteiger partial charge in [0.2, 0.25) is 0 Å².